The summed E-state index contributed by atoms with van der Waals surface area (Å²) >= 11 is 0. The van der Waals surface area contributed by atoms with Gasteiger partial charge in [-0.05, 0) is 31.2 Å². The second-order valence-electron chi connectivity index (χ2n) is 5.19. The number of carbonyl (C=O) groups excluding carboxylic acids is 2. The zero-order valence-corrected chi connectivity index (χ0v) is 13.5. The molecule has 0 fully saturated rings. The van der Waals surface area contributed by atoms with Crippen molar-refractivity contribution in [3.05, 3.63) is 69.0 Å². The number of ether oxygens (including phenoxy) is 1. The maximum atomic E-state index is 13.7. The van der Waals surface area contributed by atoms with Crippen molar-refractivity contribution in [1.29, 1.82) is 5.26 Å². The Morgan fingerprint density at radius 2 is 2.04 bits per heavy atom. The van der Waals surface area contributed by atoms with Crippen LogP contribution < -0.4 is 5.32 Å². The van der Waals surface area contributed by atoms with E-state index in [4.69, 9.17) is 10.00 Å². The number of rotatable bonds is 5. The van der Waals surface area contributed by atoms with Gasteiger partial charge in [0.05, 0.1) is 22.1 Å². The Balaban J connectivity index is 1.99. The number of hydrogen-bond donors (Lipinski definition) is 1. The Kier molecular flexibility index (Phi) is 5.60. The average molecular weight is 357 g/mol. The summed E-state index contributed by atoms with van der Waals surface area (Å²) in [5.74, 6) is -2.76. The van der Waals surface area contributed by atoms with Crippen LogP contribution in [0.1, 0.15) is 21.5 Å². The molecule has 0 radical (unpaired) electrons. The molecule has 1 N–H and O–H groups in total. The highest BCUT2D eigenvalue weighted by molar-refractivity contribution is 5.95. The van der Waals surface area contributed by atoms with Gasteiger partial charge in [-0.15, -0.1) is 0 Å². The predicted octanol–water partition coefficient (Wildman–Crippen LogP) is 2.71. The van der Waals surface area contributed by atoms with Crippen LogP contribution in [0.3, 0.4) is 0 Å². The van der Waals surface area contributed by atoms with Gasteiger partial charge in [-0.25, -0.2) is 9.18 Å². The third kappa shape index (κ3) is 4.39. The van der Waals surface area contributed by atoms with Crippen molar-refractivity contribution < 1.29 is 23.6 Å². The van der Waals surface area contributed by atoms with Crippen molar-refractivity contribution in [2.24, 2.45) is 0 Å². The zero-order chi connectivity index (χ0) is 19.3. The maximum absolute atomic E-state index is 13.7. The monoisotopic (exact) mass is 357 g/mol. The standard InChI is InChI=1S/C17H12FN3O5/c1-10-2-4-12(7-15(10)21(24)25)20-16(22)9-26-17(23)13-5-3-11(8-19)6-14(13)18/h2-7H,9H2,1H3,(H,20,22). The van der Waals surface area contributed by atoms with Gasteiger partial charge in [0.25, 0.3) is 11.6 Å². The van der Waals surface area contributed by atoms with Gasteiger partial charge in [0.2, 0.25) is 0 Å². The topological polar surface area (TPSA) is 122 Å². The summed E-state index contributed by atoms with van der Waals surface area (Å²) in [6.45, 7) is 0.845. The quantitative estimate of drug-likeness (QED) is 0.499. The molecule has 8 nitrogen and oxygen atoms in total. The largest absolute Gasteiger partial charge is 0.452 e. The summed E-state index contributed by atoms with van der Waals surface area (Å²) in [5.41, 5.74) is 0.0450. The molecule has 0 bridgehead atoms. The van der Waals surface area contributed by atoms with Gasteiger partial charge < -0.3 is 10.1 Å². The van der Waals surface area contributed by atoms with Crippen LogP contribution in [-0.4, -0.2) is 23.4 Å². The number of amides is 1. The van der Waals surface area contributed by atoms with E-state index in [1.54, 1.807) is 13.0 Å². The van der Waals surface area contributed by atoms with Crippen molar-refractivity contribution in [2.45, 2.75) is 6.92 Å². The van der Waals surface area contributed by atoms with Crippen molar-refractivity contribution >= 4 is 23.3 Å². The molecule has 2 aromatic rings. The van der Waals surface area contributed by atoms with Gasteiger partial charge in [-0.2, -0.15) is 5.26 Å². The number of benzene rings is 2. The van der Waals surface area contributed by atoms with Crippen LogP contribution in [0.5, 0.6) is 0 Å². The molecule has 0 aliphatic rings. The van der Waals surface area contributed by atoms with Crippen LogP contribution in [0.4, 0.5) is 15.8 Å². The van der Waals surface area contributed by atoms with E-state index in [2.05, 4.69) is 5.32 Å². The molecule has 0 saturated carbocycles. The highest BCUT2D eigenvalue weighted by atomic mass is 19.1. The molecule has 132 valence electrons. The van der Waals surface area contributed by atoms with Gasteiger partial charge in [-0.3, -0.25) is 14.9 Å². The van der Waals surface area contributed by atoms with Crippen molar-refractivity contribution in [3.8, 4) is 6.07 Å². The van der Waals surface area contributed by atoms with Gasteiger partial charge >= 0.3 is 5.97 Å². The molecule has 2 aromatic carbocycles. The summed E-state index contributed by atoms with van der Waals surface area (Å²) < 4.78 is 18.4. The fraction of sp³-hybridized carbons (Fsp3) is 0.118. The van der Waals surface area contributed by atoms with Crippen molar-refractivity contribution in [2.75, 3.05) is 11.9 Å². The normalized spacial score (nSPS) is 9.88. The molecule has 26 heavy (non-hydrogen) atoms. The van der Waals surface area contributed by atoms with Gasteiger partial charge in [0.1, 0.15) is 5.82 Å². The molecule has 0 unspecified atom stereocenters. The number of anilines is 1. The number of aryl methyl sites for hydroxylation is 1. The number of nitro benzene ring substituents is 1. The number of nitrogens with zero attached hydrogens (tertiary/aromatic N) is 2. The Morgan fingerprint density at radius 1 is 1.31 bits per heavy atom. The molecule has 0 spiro atoms. The first-order valence-electron chi connectivity index (χ1n) is 7.23. The lowest BCUT2D eigenvalue weighted by molar-refractivity contribution is -0.385. The number of nitro groups is 1. The minimum Gasteiger partial charge on any atom is -0.452 e. The third-order valence-corrected chi connectivity index (χ3v) is 3.34. The van der Waals surface area contributed by atoms with Crippen LogP contribution in [0.15, 0.2) is 36.4 Å². The summed E-state index contributed by atoms with van der Waals surface area (Å²) in [7, 11) is 0. The number of esters is 1. The minimum atomic E-state index is -1.07. The summed E-state index contributed by atoms with van der Waals surface area (Å²) in [6, 6.07) is 9.02. The van der Waals surface area contributed by atoms with E-state index in [9.17, 15) is 24.1 Å². The van der Waals surface area contributed by atoms with E-state index in [0.29, 0.717) is 5.56 Å². The third-order valence-electron chi connectivity index (χ3n) is 3.34. The fourth-order valence-corrected chi connectivity index (χ4v) is 2.04. The number of halogens is 1. The lowest BCUT2D eigenvalue weighted by Crippen LogP contribution is -2.21. The van der Waals surface area contributed by atoms with Crippen LogP contribution in [0, 0.1) is 34.2 Å². The second-order valence-corrected chi connectivity index (χ2v) is 5.19. The highest BCUT2D eigenvalue weighted by Crippen LogP contribution is 2.22. The second kappa shape index (κ2) is 7.85. The first-order chi connectivity index (χ1) is 12.3. The van der Waals surface area contributed by atoms with Crippen LogP contribution >= 0.6 is 0 Å². The Bertz CT molecular complexity index is 936. The number of hydrogen-bond acceptors (Lipinski definition) is 6. The van der Waals surface area contributed by atoms with Gasteiger partial charge in [0, 0.05) is 17.3 Å². The average Bonchev–Trinajstić information content (AvgIpc) is 2.60. The number of carbonyl (C=O) groups is 2. The molecule has 0 heterocycles. The molecular formula is C17H12FN3O5. The molecule has 0 saturated heterocycles. The predicted molar refractivity (Wildman–Crippen MR) is 87.9 cm³/mol. The van der Waals surface area contributed by atoms with Crippen molar-refractivity contribution in [3.63, 3.8) is 0 Å². The Labute approximate surface area is 147 Å². The Morgan fingerprint density at radius 3 is 2.65 bits per heavy atom. The van der Waals surface area contributed by atoms with Crippen LogP contribution in [-0.2, 0) is 9.53 Å². The molecule has 0 aliphatic heterocycles. The fourth-order valence-electron chi connectivity index (χ4n) is 2.04. The molecule has 1 amide bonds. The van der Waals surface area contributed by atoms with Crippen LogP contribution in [0.25, 0.3) is 0 Å². The SMILES string of the molecule is Cc1ccc(NC(=O)COC(=O)c2ccc(C#N)cc2F)cc1[N+](=O)[O-]. The van der Waals surface area contributed by atoms with E-state index in [0.717, 1.165) is 12.1 Å². The molecule has 9 heteroatoms. The van der Waals surface area contributed by atoms with Gasteiger partial charge in [0.15, 0.2) is 6.61 Å². The molecule has 0 atom stereocenters. The van der Waals surface area contributed by atoms with E-state index in [1.807, 2.05) is 0 Å². The lowest BCUT2D eigenvalue weighted by atomic mass is 10.1. The lowest BCUT2D eigenvalue weighted by Gasteiger charge is -2.08. The molecule has 2 rings (SSSR count). The van der Waals surface area contributed by atoms with Crippen molar-refractivity contribution in [1.82, 2.24) is 0 Å². The summed E-state index contributed by atoms with van der Waals surface area (Å²) in [5, 5.41) is 21.9. The van der Waals surface area contributed by atoms with Gasteiger partial charge in [-0.1, -0.05) is 6.07 Å². The Hall–Kier alpha value is -3.80. The first-order valence-corrected chi connectivity index (χ1v) is 7.23. The maximum Gasteiger partial charge on any atom is 0.341 e. The van der Waals surface area contributed by atoms with E-state index in [-0.39, 0.29) is 16.9 Å². The summed E-state index contributed by atoms with van der Waals surface area (Å²) in [6.07, 6.45) is 0. The summed E-state index contributed by atoms with van der Waals surface area (Å²) in [4.78, 5) is 33.9. The first kappa shape index (κ1) is 18.5. The van der Waals surface area contributed by atoms with Crippen LogP contribution in [0.2, 0.25) is 0 Å². The molecular weight excluding hydrogens is 345 g/mol. The van der Waals surface area contributed by atoms with E-state index >= 15 is 0 Å². The molecule has 0 aliphatic carbocycles. The number of nitriles is 1. The minimum absolute atomic E-state index is 0.0396. The van der Waals surface area contributed by atoms with E-state index < -0.39 is 34.8 Å². The van der Waals surface area contributed by atoms with E-state index in [1.165, 1.54) is 24.3 Å². The highest BCUT2D eigenvalue weighted by Gasteiger charge is 2.16. The number of nitrogens with one attached hydrogen (secondary N) is 1. The zero-order valence-electron chi connectivity index (χ0n) is 13.5. The molecule has 0 aromatic heterocycles. The smallest absolute Gasteiger partial charge is 0.341 e.